The fraction of sp³-hybridized carbons (Fsp3) is 0.294. The highest BCUT2D eigenvalue weighted by Crippen LogP contribution is 2.29. The number of nitrogens with zero attached hydrogens (tertiary/aromatic N) is 5. The number of aromatic nitrogens is 5. The van der Waals surface area contributed by atoms with Crippen molar-refractivity contribution in [2.75, 3.05) is 0 Å². The van der Waals surface area contributed by atoms with Gasteiger partial charge in [0.15, 0.2) is 0 Å². The molecule has 0 spiro atoms. The molecule has 0 bridgehead atoms. The molecule has 122 valence electrons. The number of benzene rings is 1. The molecule has 2 aromatic heterocycles. The maximum Gasteiger partial charge on any atom is 0.335 e. The monoisotopic (exact) mass is 323 g/mol. The third-order valence-electron chi connectivity index (χ3n) is 4.39. The maximum atomic E-state index is 11.2. The van der Waals surface area contributed by atoms with Gasteiger partial charge in [0.05, 0.1) is 11.3 Å². The van der Waals surface area contributed by atoms with Gasteiger partial charge in [-0.15, -0.1) is 0 Å². The van der Waals surface area contributed by atoms with Crippen molar-refractivity contribution in [3.8, 4) is 5.69 Å². The second-order valence-corrected chi connectivity index (χ2v) is 6.02. The van der Waals surface area contributed by atoms with E-state index in [1.807, 2.05) is 29.9 Å². The van der Waals surface area contributed by atoms with E-state index in [-0.39, 0.29) is 11.5 Å². The fourth-order valence-corrected chi connectivity index (χ4v) is 3.24. The third-order valence-corrected chi connectivity index (χ3v) is 4.39. The van der Waals surface area contributed by atoms with Crippen LogP contribution in [0.25, 0.3) is 5.69 Å². The van der Waals surface area contributed by atoms with Crippen LogP contribution in [-0.2, 0) is 13.0 Å². The number of aryl methyl sites for hydroxylation is 2. The summed E-state index contributed by atoms with van der Waals surface area (Å²) >= 11 is 0. The average Bonchev–Trinajstić information content (AvgIpc) is 3.20. The first-order valence-electron chi connectivity index (χ1n) is 7.90. The van der Waals surface area contributed by atoms with Gasteiger partial charge < -0.3 is 5.11 Å². The highest BCUT2D eigenvalue weighted by atomic mass is 16.4. The molecule has 7 heteroatoms. The maximum absolute atomic E-state index is 11.2. The van der Waals surface area contributed by atoms with E-state index in [1.54, 1.807) is 22.9 Å². The number of fused-ring (bicyclic) bond motifs is 1. The molecule has 0 saturated heterocycles. The molecule has 1 atom stereocenters. The molecule has 1 unspecified atom stereocenters. The second kappa shape index (κ2) is 5.59. The van der Waals surface area contributed by atoms with Crippen LogP contribution >= 0.6 is 0 Å². The predicted molar refractivity (Wildman–Crippen MR) is 86.3 cm³/mol. The fourth-order valence-electron chi connectivity index (χ4n) is 3.24. The van der Waals surface area contributed by atoms with Crippen molar-refractivity contribution in [1.29, 1.82) is 0 Å². The van der Waals surface area contributed by atoms with E-state index in [9.17, 15) is 9.90 Å². The van der Waals surface area contributed by atoms with Crippen LogP contribution in [0.5, 0.6) is 0 Å². The molecule has 0 aliphatic carbocycles. The summed E-state index contributed by atoms with van der Waals surface area (Å²) in [6.45, 7) is 2.71. The van der Waals surface area contributed by atoms with E-state index in [2.05, 4.69) is 15.2 Å². The van der Waals surface area contributed by atoms with Crippen molar-refractivity contribution in [2.45, 2.75) is 32.2 Å². The Balaban J connectivity index is 1.74. The molecule has 0 radical (unpaired) electrons. The quantitative estimate of drug-likeness (QED) is 0.798. The first-order valence-corrected chi connectivity index (χ1v) is 7.90. The molecule has 24 heavy (non-hydrogen) atoms. The summed E-state index contributed by atoms with van der Waals surface area (Å²) in [4.78, 5) is 15.8. The van der Waals surface area contributed by atoms with Gasteiger partial charge in [-0.05, 0) is 44.0 Å². The lowest BCUT2D eigenvalue weighted by Crippen LogP contribution is -2.21. The topological polar surface area (TPSA) is 85.8 Å². The van der Waals surface area contributed by atoms with Crippen molar-refractivity contribution >= 4 is 5.97 Å². The summed E-state index contributed by atoms with van der Waals surface area (Å²) in [6.07, 6.45) is 3.62. The number of carbonyl (C=O) groups is 1. The van der Waals surface area contributed by atoms with Gasteiger partial charge in [-0.3, -0.25) is 4.68 Å². The molecule has 0 saturated carbocycles. The van der Waals surface area contributed by atoms with E-state index in [1.165, 1.54) is 5.69 Å². The summed E-state index contributed by atoms with van der Waals surface area (Å²) in [7, 11) is 0. The molecule has 0 fully saturated rings. The van der Waals surface area contributed by atoms with Gasteiger partial charge in [-0.2, -0.15) is 10.2 Å². The first-order chi connectivity index (χ1) is 11.6. The zero-order valence-electron chi connectivity index (χ0n) is 13.3. The molecule has 4 rings (SSSR count). The molecule has 3 aromatic rings. The highest BCUT2D eigenvalue weighted by molar-refractivity contribution is 5.88. The Bertz CT molecular complexity index is 911. The molecule has 3 heterocycles. The largest absolute Gasteiger partial charge is 0.478 e. The minimum absolute atomic E-state index is 0.240. The van der Waals surface area contributed by atoms with Gasteiger partial charge in [0, 0.05) is 24.4 Å². The minimum Gasteiger partial charge on any atom is -0.478 e. The van der Waals surface area contributed by atoms with Crippen molar-refractivity contribution in [1.82, 2.24) is 24.5 Å². The minimum atomic E-state index is -0.947. The van der Waals surface area contributed by atoms with Crippen molar-refractivity contribution < 1.29 is 9.90 Å². The normalized spacial score (nSPS) is 16.8. The number of hydrogen-bond acceptors (Lipinski definition) is 4. The van der Waals surface area contributed by atoms with Gasteiger partial charge in [0.2, 0.25) is 0 Å². The van der Waals surface area contributed by atoms with Gasteiger partial charge in [-0.25, -0.2) is 14.5 Å². The zero-order chi connectivity index (χ0) is 16.7. The van der Waals surface area contributed by atoms with Crippen LogP contribution in [-0.4, -0.2) is 35.6 Å². The van der Waals surface area contributed by atoms with Crippen LogP contribution in [0.15, 0.2) is 36.5 Å². The molecular weight excluding hydrogens is 306 g/mol. The lowest BCUT2D eigenvalue weighted by atomic mass is 9.95. The SMILES string of the molecule is Cc1nc(C2CCn3nccc3C2)n(-c2cccc(C(=O)O)c2)n1. The second-order valence-electron chi connectivity index (χ2n) is 6.02. The number of aromatic carboxylic acids is 1. The van der Waals surface area contributed by atoms with Crippen LogP contribution < -0.4 is 0 Å². The summed E-state index contributed by atoms with van der Waals surface area (Å²) in [5, 5.41) is 18.0. The number of carboxylic acid groups (broad SMARTS) is 1. The number of carboxylic acids is 1. The number of hydrogen-bond donors (Lipinski definition) is 1. The van der Waals surface area contributed by atoms with Crippen LogP contribution in [0.2, 0.25) is 0 Å². The van der Waals surface area contributed by atoms with Gasteiger partial charge in [0.1, 0.15) is 11.6 Å². The molecule has 1 aromatic carbocycles. The summed E-state index contributed by atoms with van der Waals surface area (Å²) in [6, 6.07) is 8.83. The van der Waals surface area contributed by atoms with Crippen molar-refractivity contribution in [3.05, 3.63) is 59.4 Å². The smallest absolute Gasteiger partial charge is 0.335 e. The number of rotatable bonds is 3. The Morgan fingerprint density at radius 1 is 1.33 bits per heavy atom. The Kier molecular flexibility index (Phi) is 3.41. The lowest BCUT2D eigenvalue weighted by molar-refractivity contribution is 0.0697. The molecule has 1 N–H and O–H groups in total. The Morgan fingerprint density at radius 3 is 3.04 bits per heavy atom. The van der Waals surface area contributed by atoms with Crippen molar-refractivity contribution in [3.63, 3.8) is 0 Å². The zero-order valence-corrected chi connectivity index (χ0v) is 13.3. The van der Waals surface area contributed by atoms with Gasteiger partial charge >= 0.3 is 5.97 Å². The van der Waals surface area contributed by atoms with E-state index < -0.39 is 5.97 Å². The van der Waals surface area contributed by atoms with E-state index >= 15 is 0 Å². The van der Waals surface area contributed by atoms with Crippen LogP contribution in [0.1, 0.15) is 40.0 Å². The summed E-state index contributed by atoms with van der Waals surface area (Å²) in [5.41, 5.74) is 2.16. The Morgan fingerprint density at radius 2 is 2.21 bits per heavy atom. The lowest BCUT2D eigenvalue weighted by Gasteiger charge is -2.23. The first kappa shape index (κ1) is 14.6. The Labute approximate surface area is 138 Å². The molecule has 7 nitrogen and oxygen atoms in total. The highest BCUT2D eigenvalue weighted by Gasteiger charge is 2.26. The molecule has 1 aliphatic heterocycles. The van der Waals surface area contributed by atoms with Gasteiger partial charge in [-0.1, -0.05) is 6.07 Å². The Hall–Kier alpha value is -2.96. The summed E-state index contributed by atoms with van der Waals surface area (Å²) in [5.74, 6) is 0.855. The average molecular weight is 323 g/mol. The van der Waals surface area contributed by atoms with Crippen LogP contribution in [0, 0.1) is 6.92 Å². The van der Waals surface area contributed by atoms with E-state index in [0.717, 1.165) is 30.9 Å². The third kappa shape index (κ3) is 2.47. The molecular formula is C17H17N5O2. The van der Waals surface area contributed by atoms with Crippen LogP contribution in [0.4, 0.5) is 0 Å². The molecule has 0 amide bonds. The van der Waals surface area contributed by atoms with Gasteiger partial charge in [0.25, 0.3) is 0 Å². The molecule has 1 aliphatic rings. The summed E-state index contributed by atoms with van der Waals surface area (Å²) < 4.78 is 3.80. The van der Waals surface area contributed by atoms with Crippen molar-refractivity contribution in [2.24, 2.45) is 0 Å². The van der Waals surface area contributed by atoms with E-state index in [4.69, 9.17) is 0 Å². The van der Waals surface area contributed by atoms with E-state index in [0.29, 0.717) is 5.82 Å². The standard InChI is InChI=1S/C17H17N5O2/c1-11-19-16(12-6-8-21-14(9-12)5-7-18-21)22(20-11)15-4-2-3-13(10-15)17(23)24/h2-5,7,10,12H,6,8-9H2,1H3,(H,23,24). The predicted octanol–water partition coefficient (Wildman–Crippen LogP) is 2.20. The van der Waals surface area contributed by atoms with Crippen LogP contribution in [0.3, 0.4) is 0 Å².